The van der Waals surface area contributed by atoms with Crippen LogP contribution in [0.3, 0.4) is 0 Å². The minimum absolute atomic E-state index is 0.245. The Morgan fingerprint density at radius 2 is 2.05 bits per heavy atom. The van der Waals surface area contributed by atoms with Gasteiger partial charge in [0.2, 0.25) is 10.0 Å². The molecule has 0 saturated heterocycles. The summed E-state index contributed by atoms with van der Waals surface area (Å²) >= 11 is 0. The van der Waals surface area contributed by atoms with Gasteiger partial charge in [-0.2, -0.15) is 5.26 Å². The van der Waals surface area contributed by atoms with Gasteiger partial charge in [-0.05, 0) is 36.6 Å². The molecule has 0 aromatic heterocycles. The highest BCUT2D eigenvalue weighted by Crippen LogP contribution is 2.19. The first-order valence-electron chi connectivity index (χ1n) is 6.30. The zero-order valence-corrected chi connectivity index (χ0v) is 12.7. The van der Waals surface area contributed by atoms with Crippen molar-refractivity contribution in [2.24, 2.45) is 5.92 Å². The Kier molecular flexibility index (Phi) is 5.10. The smallest absolute Gasteiger partial charge is 0.207 e. The van der Waals surface area contributed by atoms with Gasteiger partial charge in [-0.3, -0.25) is 0 Å². The predicted octanol–water partition coefficient (Wildman–Crippen LogP) is 2.53. The molecule has 19 heavy (non-hydrogen) atoms. The summed E-state index contributed by atoms with van der Waals surface area (Å²) in [7, 11) is -1.88. The van der Waals surface area contributed by atoms with Gasteiger partial charge in [0.05, 0.1) is 16.5 Å². The average Bonchev–Trinajstić information content (AvgIpc) is 2.38. The van der Waals surface area contributed by atoms with Crippen LogP contribution in [0.15, 0.2) is 23.1 Å². The molecule has 1 unspecified atom stereocenters. The van der Waals surface area contributed by atoms with Crippen molar-refractivity contribution >= 4 is 10.0 Å². The first kappa shape index (κ1) is 15.7. The molecule has 0 aliphatic heterocycles. The second-order valence-electron chi connectivity index (χ2n) is 4.89. The number of sulfonamides is 1. The van der Waals surface area contributed by atoms with Crippen LogP contribution in [0.1, 0.15) is 31.4 Å². The molecular formula is C14H20N2O2S. The zero-order chi connectivity index (χ0) is 14.6. The van der Waals surface area contributed by atoms with E-state index in [1.807, 2.05) is 19.9 Å². The molecule has 0 bridgehead atoms. The van der Waals surface area contributed by atoms with E-state index in [1.165, 1.54) is 10.4 Å². The van der Waals surface area contributed by atoms with Gasteiger partial charge >= 0.3 is 0 Å². The van der Waals surface area contributed by atoms with Gasteiger partial charge in [0.1, 0.15) is 0 Å². The second kappa shape index (κ2) is 6.18. The van der Waals surface area contributed by atoms with E-state index in [4.69, 9.17) is 5.26 Å². The SMILES string of the molecule is CCC(C)CN(C)S(=O)(=O)c1ccc(C#N)c(C)c1. The molecule has 4 nitrogen and oxygen atoms in total. The van der Waals surface area contributed by atoms with Crippen LogP contribution in [0.2, 0.25) is 0 Å². The van der Waals surface area contributed by atoms with Crippen molar-refractivity contribution in [1.82, 2.24) is 4.31 Å². The van der Waals surface area contributed by atoms with Crippen molar-refractivity contribution in [3.63, 3.8) is 0 Å². The number of nitriles is 1. The number of nitrogens with zero attached hydrogens (tertiary/aromatic N) is 2. The molecule has 0 aliphatic carbocycles. The average molecular weight is 280 g/mol. The molecule has 0 N–H and O–H groups in total. The van der Waals surface area contributed by atoms with Crippen LogP contribution >= 0.6 is 0 Å². The van der Waals surface area contributed by atoms with E-state index in [1.54, 1.807) is 26.1 Å². The molecule has 1 aromatic rings. The van der Waals surface area contributed by atoms with Crippen molar-refractivity contribution in [2.75, 3.05) is 13.6 Å². The fourth-order valence-electron chi connectivity index (χ4n) is 1.77. The summed E-state index contributed by atoms with van der Waals surface area (Å²) in [6.07, 6.45) is 0.937. The van der Waals surface area contributed by atoms with Crippen LogP contribution in [0, 0.1) is 24.2 Å². The van der Waals surface area contributed by atoms with E-state index >= 15 is 0 Å². The summed E-state index contributed by atoms with van der Waals surface area (Å²) in [4.78, 5) is 0.245. The third-order valence-electron chi connectivity index (χ3n) is 3.29. The van der Waals surface area contributed by atoms with Crippen LogP contribution in [0.25, 0.3) is 0 Å². The number of hydrogen-bond acceptors (Lipinski definition) is 3. The predicted molar refractivity (Wildman–Crippen MR) is 75.2 cm³/mol. The van der Waals surface area contributed by atoms with Crippen molar-refractivity contribution in [1.29, 1.82) is 5.26 Å². The summed E-state index contributed by atoms with van der Waals surface area (Å²) in [6, 6.07) is 6.64. The highest BCUT2D eigenvalue weighted by molar-refractivity contribution is 7.89. The molecule has 0 fully saturated rings. The van der Waals surface area contributed by atoms with Gasteiger partial charge in [-0.25, -0.2) is 12.7 Å². The maximum Gasteiger partial charge on any atom is 0.242 e. The van der Waals surface area contributed by atoms with E-state index in [0.29, 0.717) is 23.6 Å². The van der Waals surface area contributed by atoms with Crippen LogP contribution in [0.5, 0.6) is 0 Å². The van der Waals surface area contributed by atoms with E-state index < -0.39 is 10.0 Å². The molecule has 5 heteroatoms. The van der Waals surface area contributed by atoms with Crippen LogP contribution < -0.4 is 0 Å². The summed E-state index contributed by atoms with van der Waals surface area (Å²) in [5.74, 6) is 0.319. The van der Waals surface area contributed by atoms with Crippen LogP contribution in [-0.2, 0) is 10.0 Å². The molecule has 1 atom stereocenters. The first-order chi connectivity index (χ1) is 8.82. The van der Waals surface area contributed by atoms with Crippen molar-refractivity contribution < 1.29 is 8.42 Å². The van der Waals surface area contributed by atoms with E-state index in [2.05, 4.69) is 0 Å². The van der Waals surface area contributed by atoms with Gasteiger partial charge in [0.15, 0.2) is 0 Å². The molecule has 0 spiro atoms. The third kappa shape index (κ3) is 3.55. The van der Waals surface area contributed by atoms with Crippen molar-refractivity contribution in [3.05, 3.63) is 29.3 Å². The lowest BCUT2D eigenvalue weighted by Crippen LogP contribution is -2.31. The van der Waals surface area contributed by atoms with Crippen LogP contribution in [-0.4, -0.2) is 26.3 Å². The molecule has 1 aromatic carbocycles. The number of rotatable bonds is 5. The number of aryl methyl sites for hydroxylation is 1. The van der Waals surface area contributed by atoms with E-state index in [0.717, 1.165) is 6.42 Å². The van der Waals surface area contributed by atoms with Gasteiger partial charge in [-0.15, -0.1) is 0 Å². The molecule has 0 aliphatic rings. The Labute approximate surface area is 115 Å². The minimum atomic E-state index is -3.47. The summed E-state index contributed by atoms with van der Waals surface area (Å²) in [5.41, 5.74) is 1.18. The van der Waals surface area contributed by atoms with Crippen molar-refractivity contribution in [3.8, 4) is 6.07 Å². The molecule has 1 rings (SSSR count). The fourth-order valence-corrected chi connectivity index (χ4v) is 3.14. The maximum absolute atomic E-state index is 12.4. The number of benzene rings is 1. The molecule has 0 heterocycles. The third-order valence-corrected chi connectivity index (χ3v) is 5.11. The number of hydrogen-bond donors (Lipinski definition) is 0. The second-order valence-corrected chi connectivity index (χ2v) is 6.93. The van der Waals surface area contributed by atoms with Crippen molar-refractivity contribution in [2.45, 2.75) is 32.1 Å². The van der Waals surface area contributed by atoms with Crippen LogP contribution in [0.4, 0.5) is 0 Å². The Morgan fingerprint density at radius 1 is 1.42 bits per heavy atom. The lowest BCUT2D eigenvalue weighted by Gasteiger charge is -2.20. The molecule has 104 valence electrons. The van der Waals surface area contributed by atoms with E-state index in [-0.39, 0.29) is 4.90 Å². The lowest BCUT2D eigenvalue weighted by atomic mass is 10.1. The lowest BCUT2D eigenvalue weighted by molar-refractivity contribution is 0.393. The van der Waals surface area contributed by atoms with Gasteiger partial charge in [0.25, 0.3) is 0 Å². The minimum Gasteiger partial charge on any atom is -0.207 e. The normalized spacial score (nSPS) is 13.3. The van der Waals surface area contributed by atoms with Gasteiger partial charge in [0, 0.05) is 13.6 Å². The summed E-state index contributed by atoms with van der Waals surface area (Å²) < 4.78 is 26.1. The van der Waals surface area contributed by atoms with E-state index in [9.17, 15) is 8.42 Å². The Morgan fingerprint density at radius 3 is 2.53 bits per heavy atom. The van der Waals surface area contributed by atoms with Gasteiger partial charge in [-0.1, -0.05) is 20.3 Å². The zero-order valence-electron chi connectivity index (χ0n) is 11.8. The molecule has 0 amide bonds. The fraction of sp³-hybridized carbons (Fsp3) is 0.500. The largest absolute Gasteiger partial charge is 0.242 e. The molecule has 0 radical (unpaired) electrons. The Hall–Kier alpha value is -1.38. The standard InChI is InChI=1S/C14H20N2O2S/c1-5-11(2)10-16(4)19(17,18)14-7-6-13(9-15)12(3)8-14/h6-8,11H,5,10H2,1-4H3. The van der Waals surface area contributed by atoms with Gasteiger partial charge < -0.3 is 0 Å². The maximum atomic E-state index is 12.4. The highest BCUT2D eigenvalue weighted by Gasteiger charge is 2.22. The quantitative estimate of drug-likeness (QED) is 0.832. The first-order valence-corrected chi connectivity index (χ1v) is 7.74. The molecule has 0 saturated carbocycles. The summed E-state index contributed by atoms with van der Waals surface area (Å²) in [6.45, 7) is 6.30. The summed E-state index contributed by atoms with van der Waals surface area (Å²) in [5, 5.41) is 8.86. The monoisotopic (exact) mass is 280 g/mol. The topological polar surface area (TPSA) is 61.2 Å². The molecular weight excluding hydrogens is 260 g/mol. The Balaban J connectivity index is 3.07. The highest BCUT2D eigenvalue weighted by atomic mass is 32.2. The Bertz CT molecular complexity index is 588.